The van der Waals surface area contributed by atoms with Gasteiger partial charge in [0.2, 0.25) is 0 Å². The van der Waals surface area contributed by atoms with E-state index in [1.165, 1.54) is 0 Å². The maximum atomic E-state index is 12.7. The number of nitrogens with zero attached hydrogens (tertiary/aromatic N) is 3. The van der Waals surface area contributed by atoms with Crippen LogP contribution < -0.4 is 5.32 Å². The Morgan fingerprint density at radius 3 is 2.88 bits per heavy atom. The van der Waals surface area contributed by atoms with E-state index in [2.05, 4.69) is 34.0 Å². The number of likely N-dealkylation sites (N-methyl/N-ethyl adjacent to an activating group) is 1. The molecular formula is C19H32N4O3. The van der Waals surface area contributed by atoms with Gasteiger partial charge < -0.3 is 19.7 Å². The first-order valence-corrected chi connectivity index (χ1v) is 9.34. The molecule has 1 aromatic rings. The van der Waals surface area contributed by atoms with Gasteiger partial charge in [-0.25, -0.2) is 9.97 Å². The Balaban J connectivity index is 2.01. The number of aryl methyl sites for hydroxylation is 1. The minimum Gasteiger partial charge on any atom is -0.379 e. The van der Waals surface area contributed by atoms with Crippen molar-refractivity contribution in [2.75, 3.05) is 40.5 Å². The first kappa shape index (κ1) is 20.7. The molecule has 26 heavy (non-hydrogen) atoms. The van der Waals surface area contributed by atoms with E-state index >= 15 is 0 Å². The van der Waals surface area contributed by atoms with E-state index in [-0.39, 0.29) is 18.1 Å². The first-order chi connectivity index (χ1) is 12.3. The molecule has 1 aromatic heterocycles. The summed E-state index contributed by atoms with van der Waals surface area (Å²) in [7, 11) is 4.01. The number of hydrogen-bond donors (Lipinski definition) is 1. The third-order valence-corrected chi connectivity index (χ3v) is 4.23. The lowest BCUT2D eigenvalue weighted by Gasteiger charge is -2.32. The van der Waals surface area contributed by atoms with Gasteiger partial charge in [-0.05, 0) is 45.8 Å². The molecule has 0 saturated carbocycles. The minimum absolute atomic E-state index is 0.0674. The van der Waals surface area contributed by atoms with Gasteiger partial charge in [-0.15, -0.1) is 0 Å². The van der Waals surface area contributed by atoms with Crippen molar-refractivity contribution in [1.29, 1.82) is 0 Å². The van der Waals surface area contributed by atoms with Crippen LogP contribution in [-0.4, -0.2) is 73.4 Å². The lowest BCUT2D eigenvalue weighted by molar-refractivity contribution is -0.0691. The number of carbonyl (C=O) groups is 1. The number of amides is 1. The summed E-state index contributed by atoms with van der Waals surface area (Å²) < 4.78 is 11.5. The topological polar surface area (TPSA) is 76.6 Å². The summed E-state index contributed by atoms with van der Waals surface area (Å²) in [4.78, 5) is 23.5. The van der Waals surface area contributed by atoms with E-state index in [1.807, 2.05) is 21.0 Å². The Kier molecular flexibility index (Phi) is 7.93. The zero-order valence-corrected chi connectivity index (χ0v) is 16.6. The summed E-state index contributed by atoms with van der Waals surface area (Å²) in [6.45, 7) is 8.66. The second-order valence-electron chi connectivity index (χ2n) is 7.55. The summed E-state index contributed by atoms with van der Waals surface area (Å²) >= 11 is 0. The molecule has 1 saturated heterocycles. The predicted molar refractivity (Wildman–Crippen MR) is 100 cm³/mol. The number of rotatable bonds is 8. The Bertz CT molecular complexity index is 592. The molecule has 1 N–H and O–H groups in total. The molecule has 0 radical (unpaired) electrons. The first-order valence-electron chi connectivity index (χ1n) is 9.34. The molecule has 2 atom stereocenters. The van der Waals surface area contributed by atoms with Crippen LogP contribution in [0.1, 0.15) is 42.3 Å². The summed E-state index contributed by atoms with van der Waals surface area (Å²) in [5.41, 5.74) is 1.33. The summed E-state index contributed by atoms with van der Waals surface area (Å²) in [5.74, 6) is 0.929. The average Bonchev–Trinajstić information content (AvgIpc) is 2.55. The highest BCUT2D eigenvalue weighted by atomic mass is 16.5. The molecule has 1 aliphatic heterocycles. The van der Waals surface area contributed by atoms with Crippen LogP contribution in [0, 0.1) is 12.8 Å². The molecule has 2 rings (SSSR count). The van der Waals surface area contributed by atoms with E-state index < -0.39 is 0 Å². The molecule has 7 heteroatoms. The second-order valence-corrected chi connectivity index (χ2v) is 7.55. The van der Waals surface area contributed by atoms with Crippen LogP contribution in [-0.2, 0) is 15.9 Å². The van der Waals surface area contributed by atoms with Crippen LogP contribution in [0.15, 0.2) is 6.07 Å². The molecule has 0 unspecified atom stereocenters. The fraction of sp³-hybridized carbons (Fsp3) is 0.737. The SMILES string of the molecule is Cc1nc(CC(C)C)cc(C(=O)N[C@@H]2CCOC[C@H]2OCCN(C)C)n1. The van der Waals surface area contributed by atoms with Gasteiger partial charge in [-0.3, -0.25) is 4.79 Å². The summed E-state index contributed by atoms with van der Waals surface area (Å²) in [6, 6.07) is 1.73. The standard InChI is InChI=1S/C19H32N4O3/c1-13(2)10-15-11-17(21-14(3)20-15)19(24)22-16-6-8-25-12-18(16)26-9-7-23(4)5/h11,13,16,18H,6-10,12H2,1-5H3,(H,22,24)/t16-,18-/m1/s1. The van der Waals surface area contributed by atoms with Crippen LogP contribution in [0.5, 0.6) is 0 Å². The molecule has 0 spiro atoms. The fourth-order valence-electron chi connectivity index (χ4n) is 2.94. The molecule has 1 fully saturated rings. The van der Waals surface area contributed by atoms with Crippen LogP contribution in [0.3, 0.4) is 0 Å². The summed E-state index contributed by atoms with van der Waals surface area (Å²) in [5, 5.41) is 3.08. The monoisotopic (exact) mass is 364 g/mol. The number of carbonyl (C=O) groups excluding carboxylic acids is 1. The van der Waals surface area contributed by atoms with Crippen molar-refractivity contribution in [3.8, 4) is 0 Å². The number of aromatic nitrogens is 2. The van der Waals surface area contributed by atoms with Crippen molar-refractivity contribution in [2.24, 2.45) is 5.92 Å². The second kappa shape index (κ2) is 9.94. The predicted octanol–water partition coefficient (Wildman–Crippen LogP) is 1.45. The molecular weight excluding hydrogens is 332 g/mol. The largest absolute Gasteiger partial charge is 0.379 e. The Hall–Kier alpha value is -1.57. The van der Waals surface area contributed by atoms with Crippen molar-refractivity contribution < 1.29 is 14.3 Å². The minimum atomic E-state index is -0.173. The smallest absolute Gasteiger partial charge is 0.270 e. The lowest BCUT2D eigenvalue weighted by atomic mass is 10.1. The number of ether oxygens (including phenoxy) is 2. The van der Waals surface area contributed by atoms with Crippen molar-refractivity contribution in [2.45, 2.75) is 45.8 Å². The molecule has 1 amide bonds. The van der Waals surface area contributed by atoms with Crippen molar-refractivity contribution >= 4 is 5.91 Å². The zero-order valence-electron chi connectivity index (χ0n) is 16.6. The highest BCUT2D eigenvalue weighted by molar-refractivity contribution is 5.92. The van der Waals surface area contributed by atoms with Crippen molar-refractivity contribution in [3.05, 3.63) is 23.3 Å². The molecule has 0 bridgehead atoms. The summed E-state index contributed by atoms with van der Waals surface area (Å²) in [6.07, 6.45) is 1.43. The fourth-order valence-corrected chi connectivity index (χ4v) is 2.94. The van der Waals surface area contributed by atoms with Gasteiger partial charge in [0, 0.05) is 18.8 Å². The van der Waals surface area contributed by atoms with E-state index in [0.29, 0.717) is 37.3 Å². The maximum Gasteiger partial charge on any atom is 0.270 e. The van der Waals surface area contributed by atoms with Crippen LogP contribution in [0.25, 0.3) is 0 Å². The molecule has 146 valence electrons. The zero-order chi connectivity index (χ0) is 19.1. The highest BCUT2D eigenvalue weighted by Crippen LogP contribution is 2.13. The lowest BCUT2D eigenvalue weighted by Crippen LogP contribution is -2.50. The Morgan fingerprint density at radius 1 is 1.42 bits per heavy atom. The third kappa shape index (κ3) is 6.63. The van der Waals surface area contributed by atoms with Crippen LogP contribution in [0.2, 0.25) is 0 Å². The van der Waals surface area contributed by atoms with Crippen molar-refractivity contribution in [3.63, 3.8) is 0 Å². The highest BCUT2D eigenvalue weighted by Gasteiger charge is 2.28. The van der Waals surface area contributed by atoms with Crippen LogP contribution >= 0.6 is 0 Å². The van der Waals surface area contributed by atoms with Gasteiger partial charge >= 0.3 is 0 Å². The van der Waals surface area contributed by atoms with Gasteiger partial charge in [-0.1, -0.05) is 13.8 Å². The third-order valence-electron chi connectivity index (χ3n) is 4.23. The molecule has 7 nitrogen and oxygen atoms in total. The van der Waals surface area contributed by atoms with E-state index in [1.54, 1.807) is 6.07 Å². The van der Waals surface area contributed by atoms with E-state index in [0.717, 1.165) is 25.1 Å². The van der Waals surface area contributed by atoms with E-state index in [9.17, 15) is 4.79 Å². The van der Waals surface area contributed by atoms with Gasteiger partial charge in [0.05, 0.1) is 19.3 Å². The van der Waals surface area contributed by atoms with Gasteiger partial charge in [0.25, 0.3) is 5.91 Å². The molecule has 0 aromatic carbocycles. The molecule has 0 aliphatic carbocycles. The maximum absolute atomic E-state index is 12.7. The number of hydrogen-bond acceptors (Lipinski definition) is 6. The molecule has 2 heterocycles. The number of nitrogens with one attached hydrogen (secondary N) is 1. The van der Waals surface area contributed by atoms with Gasteiger partial charge in [-0.2, -0.15) is 0 Å². The Morgan fingerprint density at radius 2 is 2.19 bits per heavy atom. The Labute approximate surface area is 156 Å². The van der Waals surface area contributed by atoms with E-state index in [4.69, 9.17) is 9.47 Å². The van der Waals surface area contributed by atoms with Crippen molar-refractivity contribution in [1.82, 2.24) is 20.2 Å². The van der Waals surface area contributed by atoms with Crippen LogP contribution in [0.4, 0.5) is 0 Å². The normalized spacial score (nSPS) is 20.6. The van der Waals surface area contributed by atoms with Gasteiger partial charge in [0.15, 0.2) is 0 Å². The van der Waals surface area contributed by atoms with Gasteiger partial charge in [0.1, 0.15) is 17.6 Å². The average molecular weight is 364 g/mol. The quantitative estimate of drug-likeness (QED) is 0.752. The molecule has 1 aliphatic rings.